The molecule has 1 N–H and O–H groups in total. The third-order valence-electron chi connectivity index (χ3n) is 4.49. The van der Waals surface area contributed by atoms with E-state index < -0.39 is 5.25 Å². The quantitative estimate of drug-likeness (QED) is 0.381. The summed E-state index contributed by atoms with van der Waals surface area (Å²) in [5, 5.41) is 17.7. The maximum atomic E-state index is 12.9. The van der Waals surface area contributed by atoms with Crippen LogP contribution >= 0.6 is 23.1 Å². The molecule has 3 heterocycles. The lowest BCUT2D eigenvalue weighted by molar-refractivity contribution is -0.115. The van der Waals surface area contributed by atoms with Crippen molar-refractivity contribution in [3.63, 3.8) is 0 Å². The van der Waals surface area contributed by atoms with Crippen LogP contribution in [0, 0.1) is 6.92 Å². The van der Waals surface area contributed by atoms with Crippen LogP contribution in [-0.4, -0.2) is 38.2 Å². The van der Waals surface area contributed by atoms with Gasteiger partial charge in [0.15, 0.2) is 16.8 Å². The van der Waals surface area contributed by atoms with E-state index in [-0.39, 0.29) is 5.91 Å². The number of aromatic nitrogens is 4. The number of hydrogen-bond donors (Lipinski definition) is 1. The Kier molecular flexibility index (Phi) is 6.38. The lowest BCUT2D eigenvalue weighted by atomic mass is 10.3. The molecule has 4 aromatic rings. The van der Waals surface area contributed by atoms with Gasteiger partial charge in [0.1, 0.15) is 11.5 Å². The molecule has 0 radical (unpaired) electrons. The molecule has 0 bridgehead atoms. The summed E-state index contributed by atoms with van der Waals surface area (Å²) < 4.78 is 12.5. The zero-order valence-corrected chi connectivity index (χ0v) is 18.9. The number of carbonyl (C=O) groups is 1. The van der Waals surface area contributed by atoms with E-state index in [2.05, 4.69) is 20.7 Å². The topological polar surface area (TPSA) is 95.1 Å². The van der Waals surface area contributed by atoms with Crippen LogP contribution in [0.3, 0.4) is 0 Å². The van der Waals surface area contributed by atoms with Crippen molar-refractivity contribution >= 4 is 34.8 Å². The molecule has 1 atom stereocenters. The first kappa shape index (κ1) is 21.1. The standard InChI is InChI=1S/C21H21N5O3S2/c1-4-16(20(27)22-18-12-13(2)29-25-18)31-21-24-23-19(17-10-7-11-30-17)26(21)14-8-5-6-9-15(14)28-3/h5-12,16H,4H2,1-3H3,(H,22,25,27). The summed E-state index contributed by atoms with van der Waals surface area (Å²) in [4.78, 5) is 13.8. The molecule has 4 rings (SSSR count). The van der Waals surface area contributed by atoms with E-state index in [1.165, 1.54) is 11.8 Å². The Hall–Kier alpha value is -3.11. The molecule has 0 fully saturated rings. The number of methoxy groups -OCH3 is 1. The molecule has 0 saturated carbocycles. The molecule has 1 aromatic carbocycles. The van der Waals surface area contributed by atoms with Crippen LogP contribution in [0.1, 0.15) is 19.1 Å². The summed E-state index contributed by atoms with van der Waals surface area (Å²) >= 11 is 2.92. The lowest BCUT2D eigenvalue weighted by Gasteiger charge is -2.16. The zero-order chi connectivity index (χ0) is 21.8. The fraction of sp³-hybridized carbons (Fsp3) is 0.238. The summed E-state index contributed by atoms with van der Waals surface area (Å²) in [6.45, 7) is 3.73. The van der Waals surface area contributed by atoms with E-state index in [1.54, 1.807) is 31.4 Å². The van der Waals surface area contributed by atoms with Gasteiger partial charge in [-0.05, 0) is 36.9 Å². The Morgan fingerprint density at radius 2 is 2.13 bits per heavy atom. The van der Waals surface area contributed by atoms with Crippen molar-refractivity contribution in [3.8, 4) is 22.1 Å². The van der Waals surface area contributed by atoms with Crippen LogP contribution in [0.4, 0.5) is 5.82 Å². The van der Waals surface area contributed by atoms with Gasteiger partial charge < -0.3 is 14.6 Å². The minimum Gasteiger partial charge on any atom is -0.495 e. The lowest BCUT2D eigenvalue weighted by Crippen LogP contribution is -2.25. The molecular weight excluding hydrogens is 434 g/mol. The summed E-state index contributed by atoms with van der Waals surface area (Å²) in [5.41, 5.74) is 0.809. The molecule has 1 unspecified atom stereocenters. The van der Waals surface area contributed by atoms with E-state index in [4.69, 9.17) is 9.26 Å². The van der Waals surface area contributed by atoms with Crippen LogP contribution in [0.2, 0.25) is 0 Å². The monoisotopic (exact) mass is 455 g/mol. The number of nitrogens with one attached hydrogen (secondary N) is 1. The molecule has 0 aliphatic heterocycles. The largest absolute Gasteiger partial charge is 0.495 e. The second-order valence-electron chi connectivity index (χ2n) is 6.62. The maximum Gasteiger partial charge on any atom is 0.239 e. The zero-order valence-electron chi connectivity index (χ0n) is 17.2. The molecule has 0 aliphatic carbocycles. The van der Waals surface area contributed by atoms with Gasteiger partial charge in [0.05, 0.1) is 22.9 Å². The number of thiophene rings is 1. The number of carbonyl (C=O) groups excluding carboxylic acids is 1. The van der Waals surface area contributed by atoms with E-state index in [0.29, 0.717) is 34.7 Å². The fourth-order valence-corrected chi connectivity index (χ4v) is 4.69. The van der Waals surface area contributed by atoms with Gasteiger partial charge in [0.25, 0.3) is 0 Å². The number of ether oxygens (including phenoxy) is 1. The van der Waals surface area contributed by atoms with Gasteiger partial charge in [-0.25, -0.2) is 0 Å². The van der Waals surface area contributed by atoms with Crippen LogP contribution in [-0.2, 0) is 4.79 Å². The van der Waals surface area contributed by atoms with E-state index in [0.717, 1.165) is 10.6 Å². The van der Waals surface area contributed by atoms with Gasteiger partial charge in [-0.15, -0.1) is 21.5 Å². The molecule has 0 aliphatic rings. The average molecular weight is 456 g/mol. The van der Waals surface area contributed by atoms with Crippen molar-refractivity contribution in [3.05, 3.63) is 53.6 Å². The van der Waals surface area contributed by atoms with Gasteiger partial charge in [0.2, 0.25) is 5.91 Å². The Balaban J connectivity index is 1.70. The SMILES string of the molecule is CCC(Sc1nnc(-c2cccs2)n1-c1ccccc1OC)C(=O)Nc1cc(C)on1. The smallest absolute Gasteiger partial charge is 0.239 e. The van der Waals surface area contributed by atoms with Gasteiger partial charge in [-0.1, -0.05) is 42.0 Å². The number of rotatable bonds is 8. The number of benzene rings is 1. The second-order valence-corrected chi connectivity index (χ2v) is 8.74. The first-order valence-corrected chi connectivity index (χ1v) is 11.4. The van der Waals surface area contributed by atoms with Gasteiger partial charge in [-0.3, -0.25) is 9.36 Å². The average Bonchev–Trinajstić information content (AvgIpc) is 3.53. The summed E-state index contributed by atoms with van der Waals surface area (Å²) in [6.07, 6.45) is 0.598. The first-order chi connectivity index (χ1) is 15.1. The van der Waals surface area contributed by atoms with Gasteiger partial charge >= 0.3 is 0 Å². The van der Waals surface area contributed by atoms with Crippen LogP contribution in [0.5, 0.6) is 5.75 Å². The number of thioether (sulfide) groups is 1. The number of anilines is 1. The molecule has 0 spiro atoms. The highest BCUT2D eigenvalue weighted by Gasteiger charge is 2.26. The third-order valence-corrected chi connectivity index (χ3v) is 6.66. The van der Waals surface area contributed by atoms with Crippen LogP contribution in [0.25, 0.3) is 16.4 Å². The summed E-state index contributed by atoms with van der Waals surface area (Å²) in [7, 11) is 1.63. The molecule has 10 heteroatoms. The number of aryl methyl sites for hydroxylation is 1. The minimum absolute atomic E-state index is 0.173. The molecule has 3 aromatic heterocycles. The van der Waals surface area contributed by atoms with Crippen molar-refractivity contribution in [2.24, 2.45) is 0 Å². The van der Waals surface area contributed by atoms with Crippen LogP contribution in [0.15, 0.2) is 57.5 Å². The van der Waals surface area contributed by atoms with Gasteiger partial charge in [0, 0.05) is 6.07 Å². The highest BCUT2D eigenvalue weighted by Crippen LogP contribution is 2.36. The Bertz CT molecular complexity index is 1170. The predicted molar refractivity (Wildman–Crippen MR) is 121 cm³/mol. The Morgan fingerprint density at radius 1 is 1.29 bits per heavy atom. The summed E-state index contributed by atoms with van der Waals surface area (Å²) in [5.74, 6) is 2.24. The number of hydrogen-bond acceptors (Lipinski definition) is 8. The molecule has 8 nitrogen and oxygen atoms in total. The highest BCUT2D eigenvalue weighted by molar-refractivity contribution is 8.00. The van der Waals surface area contributed by atoms with E-state index in [9.17, 15) is 4.79 Å². The second kappa shape index (κ2) is 9.36. The van der Waals surface area contributed by atoms with Crippen molar-refractivity contribution in [1.82, 2.24) is 19.9 Å². The number of amides is 1. The maximum absolute atomic E-state index is 12.9. The van der Waals surface area contributed by atoms with Crippen LogP contribution < -0.4 is 10.1 Å². The highest BCUT2D eigenvalue weighted by atomic mass is 32.2. The number of para-hydroxylation sites is 2. The predicted octanol–water partition coefficient (Wildman–Crippen LogP) is 4.81. The van der Waals surface area contributed by atoms with E-state index in [1.807, 2.05) is 53.3 Å². The fourth-order valence-electron chi connectivity index (χ4n) is 3.02. The molecule has 1 amide bonds. The molecular formula is C21H21N5O3S2. The summed E-state index contributed by atoms with van der Waals surface area (Å²) in [6, 6.07) is 13.3. The Morgan fingerprint density at radius 3 is 2.81 bits per heavy atom. The van der Waals surface area contributed by atoms with Crippen molar-refractivity contribution in [1.29, 1.82) is 0 Å². The van der Waals surface area contributed by atoms with Gasteiger partial charge in [-0.2, -0.15) is 0 Å². The Labute approximate surface area is 187 Å². The molecule has 160 valence electrons. The normalized spacial score (nSPS) is 12.0. The molecule has 31 heavy (non-hydrogen) atoms. The van der Waals surface area contributed by atoms with Crippen molar-refractivity contribution in [2.75, 3.05) is 12.4 Å². The van der Waals surface area contributed by atoms with Crippen molar-refractivity contribution < 1.29 is 14.1 Å². The minimum atomic E-state index is -0.397. The number of nitrogens with zero attached hydrogens (tertiary/aromatic N) is 4. The molecule has 0 saturated heterocycles. The van der Waals surface area contributed by atoms with Crippen molar-refractivity contribution in [2.45, 2.75) is 30.7 Å². The first-order valence-electron chi connectivity index (χ1n) is 9.64. The third kappa shape index (κ3) is 4.49. The van der Waals surface area contributed by atoms with E-state index >= 15 is 0 Å².